The van der Waals surface area contributed by atoms with Gasteiger partial charge in [0, 0.05) is 57.1 Å². The summed E-state index contributed by atoms with van der Waals surface area (Å²) in [7, 11) is 0. The first-order valence-corrected chi connectivity index (χ1v) is 9.89. The Morgan fingerprint density at radius 1 is 1.07 bits per heavy atom. The van der Waals surface area contributed by atoms with Crippen molar-refractivity contribution in [1.82, 2.24) is 24.8 Å². The first-order valence-electron chi connectivity index (χ1n) is 9.89. The lowest BCUT2D eigenvalue weighted by Crippen LogP contribution is -2.47. The van der Waals surface area contributed by atoms with Gasteiger partial charge in [0.1, 0.15) is 0 Å². The number of aromatic nitrogens is 4. The molecule has 0 spiro atoms. The largest absolute Gasteiger partial charge is 0.378 e. The highest BCUT2D eigenvalue weighted by Gasteiger charge is 2.20. The molecule has 2 aliphatic heterocycles. The van der Waals surface area contributed by atoms with Crippen molar-refractivity contribution in [1.29, 1.82) is 0 Å². The zero-order chi connectivity index (χ0) is 19.5. The number of nitrogens with zero attached hydrogens (tertiary/aromatic N) is 6. The first kappa shape index (κ1) is 18.8. The molecule has 150 valence electrons. The quantitative estimate of drug-likeness (QED) is 0.814. The lowest BCUT2D eigenvalue weighted by atomic mass is 10.1. The molecule has 2 aromatic rings. The van der Waals surface area contributed by atoms with Crippen molar-refractivity contribution in [2.45, 2.75) is 13.8 Å². The molecule has 2 aliphatic rings. The standard InChI is InChI=1S/C19H27N7O2/c1-3-24-4-6-25(7-5-24)19-22-16(12-17(27)23-19)15-13-20-18(21-14(15)2)26-8-10-28-11-9-26/h12-13H,3-11H2,1-2H3,(H,22,23,27). The smallest absolute Gasteiger partial charge is 0.252 e. The second kappa shape index (κ2) is 8.24. The minimum absolute atomic E-state index is 0.158. The molecule has 0 unspecified atom stereocenters. The summed E-state index contributed by atoms with van der Waals surface area (Å²) in [4.78, 5) is 35.7. The monoisotopic (exact) mass is 385 g/mol. The van der Waals surface area contributed by atoms with Crippen LogP contribution < -0.4 is 15.4 Å². The molecule has 0 amide bonds. The summed E-state index contributed by atoms with van der Waals surface area (Å²) in [5, 5.41) is 0. The van der Waals surface area contributed by atoms with Crippen LogP contribution in [0.2, 0.25) is 0 Å². The van der Waals surface area contributed by atoms with Gasteiger partial charge < -0.3 is 19.4 Å². The van der Waals surface area contributed by atoms with Crippen molar-refractivity contribution in [3.8, 4) is 11.3 Å². The van der Waals surface area contributed by atoms with Gasteiger partial charge in [-0.15, -0.1) is 0 Å². The van der Waals surface area contributed by atoms with Gasteiger partial charge in [-0.05, 0) is 13.5 Å². The van der Waals surface area contributed by atoms with Gasteiger partial charge in [0.05, 0.1) is 24.6 Å². The molecule has 0 radical (unpaired) electrons. The highest BCUT2D eigenvalue weighted by molar-refractivity contribution is 5.62. The summed E-state index contributed by atoms with van der Waals surface area (Å²) in [5.41, 5.74) is 2.06. The number of rotatable bonds is 4. The van der Waals surface area contributed by atoms with E-state index in [1.54, 1.807) is 6.20 Å². The topological polar surface area (TPSA) is 90.5 Å². The Balaban J connectivity index is 1.59. The van der Waals surface area contributed by atoms with Gasteiger partial charge in [-0.25, -0.2) is 15.0 Å². The number of aryl methyl sites for hydroxylation is 1. The van der Waals surface area contributed by atoms with Gasteiger partial charge in [-0.1, -0.05) is 6.92 Å². The van der Waals surface area contributed by atoms with E-state index in [4.69, 9.17) is 9.72 Å². The highest BCUT2D eigenvalue weighted by atomic mass is 16.5. The molecule has 0 aromatic carbocycles. The van der Waals surface area contributed by atoms with Gasteiger partial charge in [0.25, 0.3) is 5.56 Å². The van der Waals surface area contributed by atoms with E-state index >= 15 is 0 Å². The maximum atomic E-state index is 12.3. The van der Waals surface area contributed by atoms with Crippen molar-refractivity contribution in [2.24, 2.45) is 0 Å². The molecule has 0 saturated carbocycles. The summed E-state index contributed by atoms with van der Waals surface area (Å²) in [6.45, 7) is 11.8. The van der Waals surface area contributed by atoms with Crippen molar-refractivity contribution in [3.05, 3.63) is 28.3 Å². The molecule has 0 aliphatic carbocycles. The third-order valence-electron chi connectivity index (χ3n) is 5.38. The van der Waals surface area contributed by atoms with Crippen molar-refractivity contribution in [3.63, 3.8) is 0 Å². The van der Waals surface area contributed by atoms with Crippen LogP contribution in [0, 0.1) is 6.92 Å². The van der Waals surface area contributed by atoms with E-state index in [9.17, 15) is 4.79 Å². The highest BCUT2D eigenvalue weighted by Crippen LogP contribution is 2.22. The van der Waals surface area contributed by atoms with Crippen LogP contribution in [0.1, 0.15) is 12.6 Å². The molecule has 9 heteroatoms. The fourth-order valence-corrected chi connectivity index (χ4v) is 3.63. The van der Waals surface area contributed by atoms with Crippen molar-refractivity contribution in [2.75, 3.05) is 68.8 Å². The molecule has 4 rings (SSSR count). The third kappa shape index (κ3) is 4.00. The number of anilines is 2. The molecule has 0 atom stereocenters. The zero-order valence-electron chi connectivity index (χ0n) is 16.5. The molecule has 9 nitrogen and oxygen atoms in total. The second-order valence-corrected chi connectivity index (χ2v) is 7.14. The molecule has 2 aromatic heterocycles. The van der Waals surface area contributed by atoms with E-state index in [-0.39, 0.29) is 5.56 Å². The summed E-state index contributed by atoms with van der Waals surface area (Å²) in [6, 6.07) is 1.52. The number of morpholine rings is 1. The Kier molecular flexibility index (Phi) is 5.54. The maximum Gasteiger partial charge on any atom is 0.252 e. The van der Waals surface area contributed by atoms with E-state index in [0.717, 1.165) is 57.1 Å². The Hall–Kier alpha value is -2.52. The number of likely N-dealkylation sites (N-methyl/N-ethyl adjacent to an activating group) is 1. The molecular formula is C19H27N7O2. The number of aromatic amines is 1. The average Bonchev–Trinajstić information content (AvgIpc) is 2.74. The number of nitrogens with one attached hydrogen (secondary N) is 1. The summed E-state index contributed by atoms with van der Waals surface area (Å²) in [5.74, 6) is 1.32. The van der Waals surface area contributed by atoms with Crippen LogP contribution in [0.25, 0.3) is 11.3 Å². The Labute approximate surface area is 164 Å². The molecule has 4 heterocycles. The molecule has 28 heavy (non-hydrogen) atoms. The Morgan fingerprint density at radius 3 is 2.50 bits per heavy atom. The SMILES string of the molecule is CCN1CCN(c2nc(-c3cnc(N4CCOCC4)nc3C)cc(=O)[nH]2)CC1. The van der Waals surface area contributed by atoms with Gasteiger partial charge in [0.2, 0.25) is 11.9 Å². The van der Waals surface area contributed by atoms with Gasteiger partial charge in [-0.3, -0.25) is 9.78 Å². The van der Waals surface area contributed by atoms with E-state index in [1.165, 1.54) is 6.07 Å². The normalized spacial score (nSPS) is 18.5. The van der Waals surface area contributed by atoms with Crippen LogP contribution >= 0.6 is 0 Å². The Bertz CT molecular complexity index is 871. The number of hydrogen-bond donors (Lipinski definition) is 1. The second-order valence-electron chi connectivity index (χ2n) is 7.14. The summed E-state index contributed by atoms with van der Waals surface area (Å²) < 4.78 is 5.39. The predicted octanol–water partition coefficient (Wildman–Crippen LogP) is 0.514. The van der Waals surface area contributed by atoms with Crippen LogP contribution in [-0.2, 0) is 4.74 Å². The minimum atomic E-state index is -0.158. The van der Waals surface area contributed by atoms with E-state index in [1.807, 2.05) is 6.92 Å². The van der Waals surface area contributed by atoms with Crippen molar-refractivity contribution >= 4 is 11.9 Å². The molecule has 1 N–H and O–H groups in total. The third-order valence-corrected chi connectivity index (χ3v) is 5.38. The fraction of sp³-hybridized carbons (Fsp3) is 0.579. The Morgan fingerprint density at radius 2 is 1.82 bits per heavy atom. The average molecular weight is 385 g/mol. The number of ether oxygens (including phenoxy) is 1. The lowest BCUT2D eigenvalue weighted by molar-refractivity contribution is 0.122. The van der Waals surface area contributed by atoms with E-state index < -0.39 is 0 Å². The van der Waals surface area contributed by atoms with E-state index in [0.29, 0.717) is 30.8 Å². The fourth-order valence-electron chi connectivity index (χ4n) is 3.63. The maximum absolute atomic E-state index is 12.3. The van der Waals surface area contributed by atoms with Crippen LogP contribution in [0.4, 0.5) is 11.9 Å². The number of H-pyrrole nitrogens is 1. The number of hydrogen-bond acceptors (Lipinski definition) is 8. The first-order chi connectivity index (χ1) is 13.6. The number of piperazine rings is 1. The van der Waals surface area contributed by atoms with Crippen molar-refractivity contribution < 1.29 is 4.74 Å². The summed E-state index contributed by atoms with van der Waals surface area (Å²) in [6.07, 6.45) is 1.77. The predicted molar refractivity (Wildman–Crippen MR) is 108 cm³/mol. The van der Waals surface area contributed by atoms with Gasteiger partial charge >= 0.3 is 0 Å². The van der Waals surface area contributed by atoms with Crippen LogP contribution in [0.5, 0.6) is 0 Å². The lowest BCUT2D eigenvalue weighted by Gasteiger charge is -2.34. The zero-order valence-corrected chi connectivity index (χ0v) is 16.5. The minimum Gasteiger partial charge on any atom is -0.378 e. The van der Waals surface area contributed by atoms with Crippen LogP contribution in [0.3, 0.4) is 0 Å². The molecule has 2 saturated heterocycles. The van der Waals surface area contributed by atoms with Gasteiger partial charge in [0.15, 0.2) is 0 Å². The van der Waals surface area contributed by atoms with Crippen LogP contribution in [0.15, 0.2) is 17.1 Å². The molecule has 2 fully saturated rings. The van der Waals surface area contributed by atoms with Crippen LogP contribution in [-0.4, -0.2) is 83.9 Å². The molecular weight excluding hydrogens is 358 g/mol. The summed E-state index contributed by atoms with van der Waals surface area (Å²) >= 11 is 0. The van der Waals surface area contributed by atoms with Gasteiger partial charge in [-0.2, -0.15) is 0 Å². The van der Waals surface area contributed by atoms with E-state index in [2.05, 4.69) is 36.6 Å². The molecule has 0 bridgehead atoms.